The molecule has 3 aromatic rings. The molecule has 0 atom stereocenters. The quantitative estimate of drug-likeness (QED) is 0.594. The Bertz CT molecular complexity index is 969. The molecule has 0 aliphatic heterocycles. The van der Waals surface area contributed by atoms with Crippen molar-refractivity contribution in [2.24, 2.45) is 0 Å². The Morgan fingerprint density at radius 3 is 2.71 bits per heavy atom. The average molecular weight is 389 g/mol. The van der Waals surface area contributed by atoms with Crippen molar-refractivity contribution in [1.82, 2.24) is 9.97 Å². The molecular weight excluding hydrogens is 372 g/mol. The number of benzene rings is 2. The van der Waals surface area contributed by atoms with E-state index >= 15 is 0 Å². The number of halogens is 1. The van der Waals surface area contributed by atoms with Gasteiger partial charge in [0.2, 0.25) is 0 Å². The summed E-state index contributed by atoms with van der Waals surface area (Å²) in [7, 11) is 0. The lowest BCUT2D eigenvalue weighted by Gasteiger charge is -2.12. The van der Waals surface area contributed by atoms with E-state index in [0.29, 0.717) is 46.0 Å². The van der Waals surface area contributed by atoms with Crippen molar-refractivity contribution in [3.63, 3.8) is 0 Å². The number of fused-ring (bicyclic) bond motifs is 1. The van der Waals surface area contributed by atoms with Gasteiger partial charge >= 0.3 is 0 Å². The lowest BCUT2D eigenvalue weighted by Crippen LogP contribution is -2.11. The maximum atomic E-state index is 12.4. The van der Waals surface area contributed by atoms with Crippen molar-refractivity contribution < 1.29 is 4.74 Å². The Labute approximate surface area is 147 Å². The number of nitrogens with zero attached hydrogens (tertiary/aromatic N) is 1. The smallest absolute Gasteiger partial charge is 0.259 e. The molecule has 0 unspecified atom stereocenters. The van der Waals surface area contributed by atoms with Crippen LogP contribution in [0.5, 0.6) is 5.75 Å². The lowest BCUT2D eigenvalue weighted by atomic mass is 10.1. The predicted octanol–water partition coefficient (Wildman–Crippen LogP) is 3.31. The number of hydrogen-bond donors (Lipinski definition) is 3. The van der Waals surface area contributed by atoms with Crippen LogP contribution in [0.4, 0.5) is 11.4 Å². The number of hydrogen-bond acceptors (Lipinski definition) is 5. The molecule has 3 rings (SSSR count). The van der Waals surface area contributed by atoms with E-state index < -0.39 is 0 Å². The van der Waals surface area contributed by atoms with Crippen molar-refractivity contribution in [1.29, 1.82) is 0 Å². The van der Waals surface area contributed by atoms with Gasteiger partial charge in [0.25, 0.3) is 5.56 Å². The lowest BCUT2D eigenvalue weighted by molar-refractivity contribution is 0.318. The molecule has 0 saturated carbocycles. The molecule has 0 bridgehead atoms. The van der Waals surface area contributed by atoms with Crippen LogP contribution in [0.2, 0.25) is 0 Å². The number of nitrogens with two attached hydrogens (primary N) is 2. The highest BCUT2D eigenvalue weighted by Crippen LogP contribution is 2.31. The summed E-state index contributed by atoms with van der Waals surface area (Å²) in [6.07, 6.45) is 0.882. The van der Waals surface area contributed by atoms with Crippen LogP contribution in [0.1, 0.15) is 13.3 Å². The van der Waals surface area contributed by atoms with Crippen LogP contribution in [0.25, 0.3) is 22.3 Å². The van der Waals surface area contributed by atoms with Crippen LogP contribution < -0.4 is 21.8 Å². The van der Waals surface area contributed by atoms with Crippen molar-refractivity contribution >= 4 is 38.2 Å². The van der Waals surface area contributed by atoms with Crippen LogP contribution in [0.15, 0.2) is 39.6 Å². The zero-order valence-corrected chi connectivity index (χ0v) is 14.7. The molecule has 0 amide bonds. The standard InChI is InChI=1S/C17H17BrN4O2/c1-2-5-24-15-4-3-9(18)6-11(15)16-21-14-8-13(20)12(19)7-10(14)17(23)22-16/h3-4,6-8H,2,5,19-20H2,1H3,(H,21,22,23). The van der Waals surface area contributed by atoms with E-state index in [-0.39, 0.29) is 5.56 Å². The fraction of sp³-hybridized carbons (Fsp3) is 0.176. The number of nitrogens with one attached hydrogen (secondary N) is 1. The third-order valence-corrected chi connectivity index (χ3v) is 4.06. The number of anilines is 2. The summed E-state index contributed by atoms with van der Waals surface area (Å²) in [6.45, 7) is 2.61. The van der Waals surface area contributed by atoms with E-state index in [1.807, 2.05) is 25.1 Å². The minimum atomic E-state index is -0.275. The largest absolute Gasteiger partial charge is 0.493 e. The number of rotatable bonds is 4. The van der Waals surface area contributed by atoms with Crippen LogP contribution in [-0.4, -0.2) is 16.6 Å². The third-order valence-electron chi connectivity index (χ3n) is 3.57. The summed E-state index contributed by atoms with van der Waals surface area (Å²) in [6, 6.07) is 8.72. The second-order valence-corrected chi connectivity index (χ2v) is 6.32. The SMILES string of the molecule is CCCOc1ccc(Br)cc1-c1nc2cc(N)c(N)cc2c(=O)[nH]1. The molecule has 1 aromatic heterocycles. The first kappa shape index (κ1) is 16.3. The summed E-state index contributed by atoms with van der Waals surface area (Å²) < 4.78 is 6.62. The molecule has 5 N–H and O–H groups in total. The van der Waals surface area contributed by atoms with Crippen LogP contribution in [0.3, 0.4) is 0 Å². The van der Waals surface area contributed by atoms with Gasteiger partial charge < -0.3 is 21.2 Å². The molecule has 0 saturated heterocycles. The zero-order valence-electron chi connectivity index (χ0n) is 13.1. The molecule has 124 valence electrons. The normalized spacial score (nSPS) is 10.9. The van der Waals surface area contributed by atoms with E-state index in [1.54, 1.807) is 6.07 Å². The summed E-state index contributed by atoms with van der Waals surface area (Å²) in [4.78, 5) is 19.7. The molecule has 0 spiro atoms. The highest BCUT2D eigenvalue weighted by molar-refractivity contribution is 9.10. The number of nitrogen functional groups attached to an aromatic ring is 2. The Kier molecular flexibility index (Phi) is 4.44. The first-order valence-electron chi connectivity index (χ1n) is 7.51. The average Bonchev–Trinajstić information content (AvgIpc) is 2.55. The molecule has 6 nitrogen and oxygen atoms in total. The van der Waals surface area contributed by atoms with Gasteiger partial charge in [0.15, 0.2) is 0 Å². The van der Waals surface area contributed by atoms with Gasteiger partial charge in [0.1, 0.15) is 11.6 Å². The molecule has 1 heterocycles. The second kappa shape index (κ2) is 6.52. The van der Waals surface area contributed by atoms with Gasteiger partial charge in [-0.25, -0.2) is 4.98 Å². The highest BCUT2D eigenvalue weighted by atomic mass is 79.9. The van der Waals surface area contributed by atoms with Crippen LogP contribution in [-0.2, 0) is 0 Å². The van der Waals surface area contributed by atoms with Crippen molar-refractivity contribution in [3.05, 3.63) is 45.2 Å². The Morgan fingerprint density at radius 2 is 1.96 bits per heavy atom. The first-order valence-corrected chi connectivity index (χ1v) is 8.30. The Balaban J connectivity index is 2.21. The van der Waals surface area contributed by atoms with Crippen LogP contribution in [0, 0.1) is 0 Å². The third kappa shape index (κ3) is 3.07. The molecule has 0 aliphatic rings. The Hall–Kier alpha value is -2.54. The van der Waals surface area contributed by atoms with E-state index in [9.17, 15) is 4.79 Å². The zero-order chi connectivity index (χ0) is 17.3. The molecule has 2 aromatic carbocycles. The second-order valence-electron chi connectivity index (χ2n) is 5.40. The molecule has 0 aliphatic carbocycles. The minimum Gasteiger partial charge on any atom is -0.493 e. The summed E-state index contributed by atoms with van der Waals surface area (Å²) in [5, 5.41) is 0.400. The summed E-state index contributed by atoms with van der Waals surface area (Å²) in [5.41, 5.74) is 13.3. The van der Waals surface area contributed by atoms with E-state index in [2.05, 4.69) is 25.9 Å². The predicted molar refractivity (Wildman–Crippen MR) is 100 cm³/mol. The van der Waals surface area contributed by atoms with Crippen LogP contribution >= 0.6 is 15.9 Å². The molecule has 0 radical (unpaired) electrons. The van der Waals surface area contributed by atoms with Crippen molar-refractivity contribution in [3.8, 4) is 17.1 Å². The number of aromatic amines is 1. The molecule has 0 fully saturated rings. The van der Waals surface area contributed by atoms with Gasteiger partial charge in [-0.3, -0.25) is 4.79 Å². The van der Waals surface area contributed by atoms with Crippen molar-refractivity contribution in [2.75, 3.05) is 18.1 Å². The fourth-order valence-corrected chi connectivity index (χ4v) is 2.73. The monoisotopic (exact) mass is 388 g/mol. The summed E-state index contributed by atoms with van der Waals surface area (Å²) in [5.74, 6) is 1.08. The van der Waals surface area contributed by atoms with Gasteiger partial charge in [0.05, 0.1) is 34.4 Å². The van der Waals surface area contributed by atoms with E-state index in [1.165, 1.54) is 6.07 Å². The fourth-order valence-electron chi connectivity index (χ4n) is 2.37. The topological polar surface area (TPSA) is 107 Å². The van der Waals surface area contributed by atoms with E-state index in [0.717, 1.165) is 10.9 Å². The minimum absolute atomic E-state index is 0.275. The van der Waals surface area contributed by atoms with Gasteiger partial charge in [-0.05, 0) is 36.8 Å². The van der Waals surface area contributed by atoms with Gasteiger partial charge in [-0.1, -0.05) is 22.9 Å². The van der Waals surface area contributed by atoms with E-state index in [4.69, 9.17) is 16.2 Å². The van der Waals surface area contributed by atoms with Gasteiger partial charge in [0, 0.05) is 4.47 Å². The molecule has 7 heteroatoms. The number of aromatic nitrogens is 2. The maximum Gasteiger partial charge on any atom is 0.259 e. The van der Waals surface area contributed by atoms with Gasteiger partial charge in [-0.2, -0.15) is 0 Å². The summed E-state index contributed by atoms with van der Waals surface area (Å²) >= 11 is 3.44. The highest BCUT2D eigenvalue weighted by Gasteiger charge is 2.13. The maximum absolute atomic E-state index is 12.4. The Morgan fingerprint density at radius 1 is 1.21 bits per heavy atom. The number of H-pyrrole nitrogens is 1. The number of ether oxygens (including phenoxy) is 1. The first-order chi connectivity index (χ1) is 11.5. The van der Waals surface area contributed by atoms with Crippen molar-refractivity contribution in [2.45, 2.75) is 13.3 Å². The molecule has 24 heavy (non-hydrogen) atoms. The molecular formula is C17H17BrN4O2. The van der Waals surface area contributed by atoms with Gasteiger partial charge in [-0.15, -0.1) is 0 Å².